The van der Waals surface area contributed by atoms with Crippen LogP contribution in [0.25, 0.3) is 11.0 Å². The van der Waals surface area contributed by atoms with Crippen LogP contribution in [0.3, 0.4) is 0 Å². The Labute approximate surface area is 97.0 Å². The van der Waals surface area contributed by atoms with Crippen molar-refractivity contribution >= 4 is 11.0 Å². The van der Waals surface area contributed by atoms with Crippen molar-refractivity contribution in [1.82, 2.24) is 15.3 Å². The molecule has 2 N–H and O–H groups in total. The van der Waals surface area contributed by atoms with Gasteiger partial charge in [-0.2, -0.15) is 0 Å². The molecule has 17 heavy (non-hydrogen) atoms. The Morgan fingerprint density at radius 2 is 2.24 bits per heavy atom. The molecule has 0 atom stereocenters. The van der Waals surface area contributed by atoms with E-state index in [9.17, 15) is 8.78 Å². The molecule has 2 aromatic rings. The first-order valence-electron chi connectivity index (χ1n) is 5.24. The standard InChI is InChI=1S/C11H13F2N3O/c1-17-5-4-14-6-9-15-8-3-2-7(12)10(13)11(8)16-9/h2-3,14H,4-6H2,1H3,(H,15,16). The van der Waals surface area contributed by atoms with Gasteiger partial charge in [-0.1, -0.05) is 0 Å². The molecular formula is C11H13F2N3O. The third-order valence-corrected chi connectivity index (χ3v) is 2.37. The number of imidazole rings is 1. The fourth-order valence-corrected chi connectivity index (χ4v) is 1.53. The Kier molecular flexibility index (Phi) is 3.65. The molecule has 2 rings (SSSR count). The zero-order valence-corrected chi connectivity index (χ0v) is 9.39. The molecule has 0 fully saturated rings. The first-order valence-corrected chi connectivity index (χ1v) is 5.24. The average molecular weight is 241 g/mol. The predicted octanol–water partition coefficient (Wildman–Crippen LogP) is 1.58. The van der Waals surface area contributed by atoms with E-state index in [2.05, 4.69) is 15.3 Å². The summed E-state index contributed by atoms with van der Waals surface area (Å²) in [7, 11) is 1.61. The Hall–Kier alpha value is -1.53. The van der Waals surface area contributed by atoms with Crippen LogP contribution in [0.15, 0.2) is 12.1 Å². The lowest BCUT2D eigenvalue weighted by Crippen LogP contribution is -2.19. The molecule has 0 aliphatic heterocycles. The fraction of sp³-hybridized carbons (Fsp3) is 0.364. The molecule has 0 spiro atoms. The van der Waals surface area contributed by atoms with E-state index in [0.717, 1.165) is 6.07 Å². The van der Waals surface area contributed by atoms with Crippen molar-refractivity contribution in [3.05, 3.63) is 29.6 Å². The van der Waals surface area contributed by atoms with Gasteiger partial charge in [0, 0.05) is 13.7 Å². The van der Waals surface area contributed by atoms with Crippen LogP contribution in [0.5, 0.6) is 0 Å². The molecule has 4 nitrogen and oxygen atoms in total. The molecule has 0 bridgehead atoms. The van der Waals surface area contributed by atoms with Gasteiger partial charge in [0.1, 0.15) is 11.3 Å². The van der Waals surface area contributed by atoms with Crippen LogP contribution in [0.4, 0.5) is 8.78 Å². The van der Waals surface area contributed by atoms with E-state index in [-0.39, 0.29) is 5.52 Å². The maximum Gasteiger partial charge on any atom is 0.186 e. The number of nitrogens with zero attached hydrogens (tertiary/aromatic N) is 1. The second kappa shape index (κ2) is 5.20. The number of nitrogens with one attached hydrogen (secondary N) is 2. The number of ether oxygens (including phenoxy) is 1. The summed E-state index contributed by atoms with van der Waals surface area (Å²) in [5.41, 5.74) is 0.529. The van der Waals surface area contributed by atoms with Crippen LogP contribution in [0.1, 0.15) is 5.82 Å². The zero-order valence-electron chi connectivity index (χ0n) is 9.39. The van der Waals surface area contributed by atoms with Gasteiger partial charge >= 0.3 is 0 Å². The number of rotatable bonds is 5. The quantitative estimate of drug-likeness (QED) is 0.781. The molecule has 92 valence electrons. The Bertz CT molecular complexity index is 513. The number of halogens is 2. The van der Waals surface area contributed by atoms with Crippen molar-refractivity contribution in [2.45, 2.75) is 6.54 Å². The molecule has 0 amide bonds. The number of aromatic nitrogens is 2. The number of H-pyrrole nitrogens is 1. The molecule has 6 heteroatoms. The monoisotopic (exact) mass is 241 g/mol. The highest BCUT2D eigenvalue weighted by Gasteiger charge is 2.11. The van der Waals surface area contributed by atoms with Crippen LogP contribution in [0, 0.1) is 11.6 Å². The second-order valence-electron chi connectivity index (χ2n) is 3.61. The molecule has 0 aliphatic rings. The maximum atomic E-state index is 13.4. The van der Waals surface area contributed by atoms with Gasteiger partial charge in [0.15, 0.2) is 11.6 Å². The van der Waals surface area contributed by atoms with E-state index < -0.39 is 11.6 Å². The Morgan fingerprint density at radius 1 is 1.41 bits per heavy atom. The smallest absolute Gasteiger partial charge is 0.186 e. The van der Waals surface area contributed by atoms with Gasteiger partial charge in [-0.25, -0.2) is 13.8 Å². The number of hydrogen-bond acceptors (Lipinski definition) is 3. The summed E-state index contributed by atoms with van der Waals surface area (Å²) >= 11 is 0. The summed E-state index contributed by atoms with van der Waals surface area (Å²) < 4.78 is 31.2. The van der Waals surface area contributed by atoms with Gasteiger partial charge in [-0.15, -0.1) is 0 Å². The molecule has 0 saturated carbocycles. The predicted molar refractivity (Wildman–Crippen MR) is 59.6 cm³/mol. The molecule has 1 aromatic carbocycles. The largest absolute Gasteiger partial charge is 0.383 e. The molecular weight excluding hydrogens is 228 g/mol. The number of hydrogen-bond donors (Lipinski definition) is 2. The lowest BCUT2D eigenvalue weighted by Gasteiger charge is -2.00. The van der Waals surface area contributed by atoms with Crippen molar-refractivity contribution in [1.29, 1.82) is 0 Å². The molecule has 0 saturated heterocycles. The molecule has 1 aromatic heterocycles. The van der Waals surface area contributed by atoms with E-state index in [1.807, 2.05) is 0 Å². The maximum absolute atomic E-state index is 13.4. The van der Waals surface area contributed by atoms with Crippen molar-refractivity contribution in [3.63, 3.8) is 0 Å². The highest BCUT2D eigenvalue weighted by Crippen LogP contribution is 2.17. The second-order valence-corrected chi connectivity index (χ2v) is 3.61. The first-order chi connectivity index (χ1) is 8.22. The van der Waals surface area contributed by atoms with Crippen LogP contribution in [-0.2, 0) is 11.3 Å². The number of fused-ring (bicyclic) bond motifs is 1. The number of aromatic amines is 1. The third kappa shape index (κ3) is 2.59. The van der Waals surface area contributed by atoms with Gasteiger partial charge in [0.2, 0.25) is 0 Å². The summed E-state index contributed by atoms with van der Waals surface area (Å²) in [4.78, 5) is 6.92. The van der Waals surface area contributed by atoms with Crippen molar-refractivity contribution in [3.8, 4) is 0 Å². The number of benzene rings is 1. The zero-order chi connectivity index (χ0) is 12.3. The molecule has 0 unspecified atom stereocenters. The van der Waals surface area contributed by atoms with E-state index in [0.29, 0.717) is 31.0 Å². The Balaban J connectivity index is 2.12. The molecule has 0 radical (unpaired) electrons. The third-order valence-electron chi connectivity index (χ3n) is 2.37. The van der Waals surface area contributed by atoms with E-state index in [4.69, 9.17) is 4.74 Å². The summed E-state index contributed by atoms with van der Waals surface area (Å²) in [6, 6.07) is 2.55. The summed E-state index contributed by atoms with van der Waals surface area (Å²) in [6.07, 6.45) is 0. The molecule has 1 heterocycles. The van der Waals surface area contributed by atoms with E-state index >= 15 is 0 Å². The topological polar surface area (TPSA) is 49.9 Å². The fourth-order valence-electron chi connectivity index (χ4n) is 1.53. The van der Waals surface area contributed by atoms with Gasteiger partial charge < -0.3 is 15.0 Å². The van der Waals surface area contributed by atoms with E-state index in [1.54, 1.807) is 7.11 Å². The van der Waals surface area contributed by atoms with Crippen LogP contribution in [0.2, 0.25) is 0 Å². The normalized spacial score (nSPS) is 11.2. The van der Waals surface area contributed by atoms with Crippen molar-refractivity contribution < 1.29 is 13.5 Å². The van der Waals surface area contributed by atoms with Crippen LogP contribution in [-0.4, -0.2) is 30.2 Å². The minimum absolute atomic E-state index is 0.0357. The minimum Gasteiger partial charge on any atom is -0.383 e. The van der Waals surface area contributed by atoms with Crippen LogP contribution < -0.4 is 5.32 Å². The lowest BCUT2D eigenvalue weighted by atomic mass is 10.3. The first kappa shape index (κ1) is 11.9. The summed E-state index contributed by atoms with van der Waals surface area (Å²) in [5.74, 6) is -1.23. The Morgan fingerprint density at radius 3 is 3.00 bits per heavy atom. The highest BCUT2D eigenvalue weighted by molar-refractivity contribution is 5.75. The van der Waals surface area contributed by atoms with Gasteiger partial charge in [-0.05, 0) is 12.1 Å². The summed E-state index contributed by atoms with van der Waals surface area (Å²) in [6.45, 7) is 1.71. The SMILES string of the molecule is COCCNCc1nc2c(F)c(F)ccc2[nH]1. The highest BCUT2D eigenvalue weighted by atomic mass is 19.2. The minimum atomic E-state index is -0.915. The van der Waals surface area contributed by atoms with Crippen molar-refractivity contribution in [2.24, 2.45) is 0 Å². The van der Waals surface area contributed by atoms with Gasteiger partial charge in [0.25, 0.3) is 0 Å². The van der Waals surface area contributed by atoms with Crippen LogP contribution >= 0.6 is 0 Å². The van der Waals surface area contributed by atoms with Crippen molar-refractivity contribution in [2.75, 3.05) is 20.3 Å². The molecule has 0 aliphatic carbocycles. The average Bonchev–Trinajstić information content (AvgIpc) is 2.74. The van der Waals surface area contributed by atoms with Gasteiger partial charge in [0.05, 0.1) is 18.7 Å². The summed E-state index contributed by atoms with van der Waals surface area (Å²) in [5, 5.41) is 3.06. The van der Waals surface area contributed by atoms with E-state index in [1.165, 1.54) is 6.07 Å². The number of methoxy groups -OCH3 is 1. The van der Waals surface area contributed by atoms with Gasteiger partial charge in [-0.3, -0.25) is 0 Å². The lowest BCUT2D eigenvalue weighted by molar-refractivity contribution is 0.199.